The number of fused-ring (bicyclic) bond motifs is 1. The average molecular weight is 379 g/mol. The quantitative estimate of drug-likeness (QED) is 0.676. The van der Waals surface area contributed by atoms with E-state index in [0.29, 0.717) is 5.92 Å². The second-order valence-electron chi connectivity index (χ2n) is 7.73. The number of hydrogen-bond donors (Lipinski definition) is 0. The van der Waals surface area contributed by atoms with Crippen LogP contribution in [0.3, 0.4) is 0 Å². The van der Waals surface area contributed by atoms with Crippen LogP contribution in [0.4, 0.5) is 17.6 Å². The van der Waals surface area contributed by atoms with Crippen LogP contribution in [0.15, 0.2) is 24.4 Å². The van der Waals surface area contributed by atoms with Gasteiger partial charge in [-0.3, -0.25) is 0 Å². The van der Waals surface area contributed by atoms with Crippen LogP contribution in [0.1, 0.15) is 31.0 Å². The van der Waals surface area contributed by atoms with E-state index in [0.717, 1.165) is 68.1 Å². The van der Waals surface area contributed by atoms with Gasteiger partial charge in [0.25, 0.3) is 0 Å². The fourth-order valence-electron chi connectivity index (χ4n) is 3.84. The molecule has 0 atom stereocenters. The van der Waals surface area contributed by atoms with E-state index in [1.54, 1.807) is 0 Å². The lowest BCUT2D eigenvalue weighted by Gasteiger charge is -2.32. The molecule has 3 aromatic heterocycles. The highest BCUT2D eigenvalue weighted by Gasteiger charge is 2.27. The highest BCUT2D eigenvalue weighted by molar-refractivity contribution is 5.47. The Hall–Kier alpha value is -2.97. The molecular formula is C19H25N9. The maximum Gasteiger partial charge on any atom is 0.227 e. The van der Waals surface area contributed by atoms with Gasteiger partial charge in [-0.2, -0.15) is 9.50 Å². The third-order valence-electron chi connectivity index (χ3n) is 5.68. The van der Waals surface area contributed by atoms with E-state index < -0.39 is 0 Å². The molecule has 0 unspecified atom stereocenters. The summed E-state index contributed by atoms with van der Waals surface area (Å²) in [5.74, 6) is 4.07. The number of aromatic nitrogens is 6. The third kappa shape index (κ3) is 3.00. The maximum atomic E-state index is 4.81. The van der Waals surface area contributed by atoms with Crippen LogP contribution in [0.2, 0.25) is 0 Å². The van der Waals surface area contributed by atoms with Gasteiger partial charge in [0.05, 0.1) is 0 Å². The van der Waals surface area contributed by atoms with Crippen molar-refractivity contribution in [2.45, 2.75) is 25.2 Å². The lowest BCUT2D eigenvalue weighted by atomic mass is 9.96. The SMILES string of the molecule is CN(C)c1ccnc(N2CCC(c3nnc4ccc(N5CCC5)nn34)CC2)n1. The highest BCUT2D eigenvalue weighted by atomic mass is 15.4. The van der Waals surface area contributed by atoms with Gasteiger partial charge in [0.2, 0.25) is 5.95 Å². The molecule has 0 spiro atoms. The van der Waals surface area contributed by atoms with E-state index in [-0.39, 0.29) is 0 Å². The normalized spacial score (nSPS) is 17.8. The Balaban J connectivity index is 1.33. The van der Waals surface area contributed by atoms with Crippen LogP contribution in [0, 0.1) is 0 Å². The first-order chi connectivity index (χ1) is 13.7. The molecule has 28 heavy (non-hydrogen) atoms. The summed E-state index contributed by atoms with van der Waals surface area (Å²) in [5, 5.41) is 13.6. The molecule has 2 fully saturated rings. The molecule has 0 aromatic carbocycles. The molecule has 5 heterocycles. The van der Waals surface area contributed by atoms with Crippen LogP contribution in [0.5, 0.6) is 0 Å². The fraction of sp³-hybridized carbons (Fsp3) is 0.526. The summed E-state index contributed by atoms with van der Waals surface area (Å²) in [6.45, 7) is 3.98. The Labute approximate surface area is 164 Å². The molecular weight excluding hydrogens is 354 g/mol. The zero-order chi connectivity index (χ0) is 19.1. The Kier molecular flexibility index (Phi) is 4.22. The van der Waals surface area contributed by atoms with Gasteiger partial charge in [0.15, 0.2) is 11.5 Å². The standard InChI is InChI=1S/C19H25N9/c1-25(2)15-6-9-20-19(21-15)27-12-7-14(8-13-27)18-23-22-16-4-5-17(24-28(16)18)26-10-3-11-26/h4-6,9,14H,3,7-8,10-13H2,1-2H3. The van der Waals surface area contributed by atoms with Crippen molar-refractivity contribution in [2.24, 2.45) is 0 Å². The number of piperidine rings is 1. The molecule has 0 N–H and O–H groups in total. The van der Waals surface area contributed by atoms with Crippen molar-refractivity contribution >= 4 is 23.2 Å². The van der Waals surface area contributed by atoms with Gasteiger partial charge < -0.3 is 14.7 Å². The first-order valence-corrected chi connectivity index (χ1v) is 9.92. The molecule has 146 valence electrons. The van der Waals surface area contributed by atoms with Crippen molar-refractivity contribution in [1.82, 2.24) is 29.8 Å². The van der Waals surface area contributed by atoms with Crippen molar-refractivity contribution in [3.63, 3.8) is 0 Å². The second-order valence-corrected chi connectivity index (χ2v) is 7.73. The second kappa shape index (κ2) is 6.88. The molecule has 5 rings (SSSR count). The van der Waals surface area contributed by atoms with Gasteiger partial charge in [-0.15, -0.1) is 15.3 Å². The zero-order valence-corrected chi connectivity index (χ0v) is 16.4. The summed E-state index contributed by atoms with van der Waals surface area (Å²) in [6.07, 6.45) is 5.05. The van der Waals surface area contributed by atoms with Gasteiger partial charge in [0.1, 0.15) is 11.6 Å². The topological polar surface area (TPSA) is 78.6 Å². The molecule has 9 nitrogen and oxygen atoms in total. The van der Waals surface area contributed by atoms with Crippen molar-refractivity contribution < 1.29 is 0 Å². The lowest BCUT2D eigenvalue weighted by molar-refractivity contribution is 0.472. The van der Waals surface area contributed by atoms with E-state index in [9.17, 15) is 0 Å². The maximum absolute atomic E-state index is 4.81. The number of hydrogen-bond acceptors (Lipinski definition) is 8. The molecule has 0 saturated carbocycles. The van der Waals surface area contributed by atoms with E-state index in [4.69, 9.17) is 5.10 Å². The van der Waals surface area contributed by atoms with E-state index in [1.807, 2.05) is 47.9 Å². The van der Waals surface area contributed by atoms with Crippen LogP contribution in [0.25, 0.3) is 5.65 Å². The molecule has 2 aliphatic heterocycles. The van der Waals surface area contributed by atoms with Gasteiger partial charge >= 0.3 is 0 Å². The summed E-state index contributed by atoms with van der Waals surface area (Å²) >= 11 is 0. The van der Waals surface area contributed by atoms with Crippen LogP contribution < -0.4 is 14.7 Å². The molecule has 3 aromatic rings. The van der Waals surface area contributed by atoms with Crippen molar-refractivity contribution in [2.75, 3.05) is 55.0 Å². The van der Waals surface area contributed by atoms with Crippen molar-refractivity contribution in [3.8, 4) is 0 Å². The molecule has 0 amide bonds. The minimum Gasteiger partial charge on any atom is -0.363 e. The van der Waals surface area contributed by atoms with Gasteiger partial charge in [-0.1, -0.05) is 0 Å². The molecule has 2 aliphatic rings. The summed E-state index contributed by atoms with van der Waals surface area (Å²) in [7, 11) is 3.99. The minimum atomic E-state index is 0.349. The summed E-state index contributed by atoms with van der Waals surface area (Å²) in [4.78, 5) is 15.7. The number of rotatable bonds is 4. The first-order valence-electron chi connectivity index (χ1n) is 9.92. The molecule has 0 bridgehead atoms. The smallest absolute Gasteiger partial charge is 0.227 e. The molecule has 0 aliphatic carbocycles. The average Bonchev–Trinajstić information content (AvgIpc) is 3.10. The van der Waals surface area contributed by atoms with E-state index in [2.05, 4.69) is 30.0 Å². The number of nitrogens with zero attached hydrogens (tertiary/aromatic N) is 9. The Morgan fingerprint density at radius 3 is 2.50 bits per heavy atom. The fourth-order valence-corrected chi connectivity index (χ4v) is 3.84. The summed E-state index contributed by atoms with van der Waals surface area (Å²) in [5.41, 5.74) is 0.823. The minimum absolute atomic E-state index is 0.349. The highest BCUT2D eigenvalue weighted by Crippen LogP contribution is 2.29. The lowest BCUT2D eigenvalue weighted by Crippen LogP contribution is -2.38. The Bertz CT molecular complexity index is 970. The van der Waals surface area contributed by atoms with Crippen LogP contribution in [-0.2, 0) is 0 Å². The summed E-state index contributed by atoms with van der Waals surface area (Å²) in [6, 6.07) is 6.00. The van der Waals surface area contributed by atoms with Gasteiger partial charge in [0, 0.05) is 52.4 Å². The molecule has 0 radical (unpaired) electrons. The monoisotopic (exact) mass is 379 g/mol. The van der Waals surface area contributed by atoms with Gasteiger partial charge in [-0.25, -0.2) is 4.98 Å². The Morgan fingerprint density at radius 1 is 0.964 bits per heavy atom. The van der Waals surface area contributed by atoms with E-state index >= 15 is 0 Å². The first kappa shape index (κ1) is 17.2. The zero-order valence-electron chi connectivity index (χ0n) is 16.4. The van der Waals surface area contributed by atoms with Gasteiger partial charge in [-0.05, 0) is 37.5 Å². The van der Waals surface area contributed by atoms with Crippen LogP contribution in [-0.4, -0.2) is 70.1 Å². The summed E-state index contributed by atoms with van der Waals surface area (Å²) < 4.78 is 1.94. The molecule has 9 heteroatoms. The van der Waals surface area contributed by atoms with E-state index in [1.165, 1.54) is 6.42 Å². The molecule has 2 saturated heterocycles. The van der Waals surface area contributed by atoms with Crippen LogP contribution >= 0.6 is 0 Å². The predicted octanol–water partition coefficient (Wildman–Crippen LogP) is 1.57. The number of anilines is 3. The third-order valence-corrected chi connectivity index (χ3v) is 5.68. The largest absolute Gasteiger partial charge is 0.363 e. The van der Waals surface area contributed by atoms with Crippen molar-refractivity contribution in [1.29, 1.82) is 0 Å². The van der Waals surface area contributed by atoms with Crippen molar-refractivity contribution in [3.05, 3.63) is 30.2 Å². The predicted molar refractivity (Wildman–Crippen MR) is 108 cm³/mol. The Morgan fingerprint density at radius 2 is 1.79 bits per heavy atom.